The maximum absolute atomic E-state index is 10.9. The Kier molecular flexibility index (Phi) is 2.93. The number of hydrogen-bond donors (Lipinski definition) is 1. The van der Waals surface area contributed by atoms with Gasteiger partial charge in [0.1, 0.15) is 0 Å². The zero-order chi connectivity index (χ0) is 12.8. The molecule has 1 amide bonds. The van der Waals surface area contributed by atoms with Crippen LogP contribution in [0.25, 0.3) is 0 Å². The van der Waals surface area contributed by atoms with Crippen LogP contribution in [0.5, 0.6) is 0 Å². The van der Waals surface area contributed by atoms with Crippen molar-refractivity contribution in [3.8, 4) is 0 Å². The average molecular weight is 333 g/mol. The molecule has 2 aliphatic heterocycles. The lowest BCUT2D eigenvalue weighted by Crippen LogP contribution is -2.60. The normalized spacial score (nSPS) is 22.1. The average Bonchev–Trinajstić information content (AvgIpc) is 2.72. The minimum absolute atomic E-state index is 0.296. The Balaban J connectivity index is 1.57. The Bertz CT molecular complexity index is 464. The summed E-state index contributed by atoms with van der Waals surface area (Å²) in [7, 11) is 0. The van der Waals surface area contributed by atoms with Gasteiger partial charge in [-0.25, -0.2) is 4.79 Å². The van der Waals surface area contributed by atoms with Gasteiger partial charge in [0.05, 0.1) is 0 Å². The molecule has 0 bridgehead atoms. The van der Waals surface area contributed by atoms with Gasteiger partial charge in [-0.3, -0.25) is 0 Å². The maximum atomic E-state index is 10.9. The Morgan fingerprint density at radius 3 is 2.50 bits per heavy atom. The van der Waals surface area contributed by atoms with E-state index in [1.165, 1.54) is 4.90 Å². The van der Waals surface area contributed by atoms with Crippen LogP contribution in [0.15, 0.2) is 3.92 Å². The lowest BCUT2D eigenvalue weighted by molar-refractivity contribution is 0.0710. The molecule has 0 aliphatic carbocycles. The first-order valence-corrected chi connectivity index (χ1v) is 7.41. The van der Waals surface area contributed by atoms with Crippen molar-refractivity contribution < 1.29 is 9.90 Å². The van der Waals surface area contributed by atoms with Crippen molar-refractivity contribution in [1.82, 2.24) is 15.1 Å². The summed E-state index contributed by atoms with van der Waals surface area (Å²) in [5.74, 6) is 0. The second-order valence-corrected chi connectivity index (χ2v) is 7.20. The van der Waals surface area contributed by atoms with Crippen molar-refractivity contribution in [2.24, 2.45) is 5.41 Å². The van der Waals surface area contributed by atoms with Crippen molar-refractivity contribution >= 4 is 38.5 Å². The molecule has 0 aromatic carbocycles. The molecule has 2 saturated heterocycles. The van der Waals surface area contributed by atoms with Crippen molar-refractivity contribution in [1.29, 1.82) is 0 Å². The number of piperidine rings is 1. The van der Waals surface area contributed by atoms with Gasteiger partial charge < -0.3 is 14.9 Å². The molecule has 0 saturated carbocycles. The summed E-state index contributed by atoms with van der Waals surface area (Å²) in [6, 6.07) is 0. The van der Waals surface area contributed by atoms with Gasteiger partial charge in [0.15, 0.2) is 3.92 Å². The number of anilines is 1. The highest BCUT2D eigenvalue weighted by Gasteiger charge is 2.46. The molecule has 2 fully saturated rings. The molecule has 8 heteroatoms. The van der Waals surface area contributed by atoms with Crippen LogP contribution in [0.4, 0.5) is 9.93 Å². The fourth-order valence-corrected chi connectivity index (χ4v) is 3.80. The van der Waals surface area contributed by atoms with Crippen molar-refractivity contribution in [3.05, 3.63) is 3.92 Å². The SMILES string of the molecule is O=C(O)N1CCC2(CC1)CN(c1nnc(Br)s1)C2. The summed E-state index contributed by atoms with van der Waals surface area (Å²) in [5.41, 5.74) is 0.296. The van der Waals surface area contributed by atoms with Crippen LogP contribution in [0.2, 0.25) is 0 Å². The third-order valence-electron chi connectivity index (χ3n) is 3.81. The van der Waals surface area contributed by atoms with E-state index in [4.69, 9.17) is 5.11 Å². The van der Waals surface area contributed by atoms with Gasteiger partial charge in [-0.2, -0.15) is 0 Å². The summed E-state index contributed by atoms with van der Waals surface area (Å²) in [6.07, 6.45) is 1.11. The van der Waals surface area contributed by atoms with Crippen molar-refractivity contribution in [3.63, 3.8) is 0 Å². The number of carboxylic acid groups (broad SMARTS) is 1. The van der Waals surface area contributed by atoms with Crippen LogP contribution in [-0.4, -0.2) is 52.5 Å². The molecular weight excluding hydrogens is 320 g/mol. The van der Waals surface area contributed by atoms with E-state index in [9.17, 15) is 4.79 Å². The predicted molar refractivity (Wildman–Crippen MR) is 71.1 cm³/mol. The van der Waals surface area contributed by atoms with E-state index in [0.29, 0.717) is 18.5 Å². The molecule has 1 N–H and O–H groups in total. The first kappa shape index (κ1) is 12.2. The lowest BCUT2D eigenvalue weighted by atomic mass is 9.72. The van der Waals surface area contributed by atoms with Gasteiger partial charge in [-0.1, -0.05) is 11.3 Å². The molecule has 0 radical (unpaired) electrons. The minimum Gasteiger partial charge on any atom is -0.465 e. The molecule has 3 heterocycles. The van der Waals surface area contributed by atoms with Crippen LogP contribution in [0.1, 0.15) is 12.8 Å². The molecule has 18 heavy (non-hydrogen) atoms. The molecule has 98 valence electrons. The third kappa shape index (κ3) is 2.07. The van der Waals surface area contributed by atoms with Gasteiger partial charge in [-0.15, -0.1) is 10.2 Å². The van der Waals surface area contributed by atoms with Gasteiger partial charge in [0.25, 0.3) is 0 Å². The Morgan fingerprint density at radius 2 is 2.00 bits per heavy atom. The molecule has 1 aromatic rings. The van der Waals surface area contributed by atoms with Crippen molar-refractivity contribution in [2.45, 2.75) is 12.8 Å². The molecule has 1 aromatic heterocycles. The zero-order valence-corrected chi connectivity index (χ0v) is 12.1. The Hall–Kier alpha value is -0.890. The fourth-order valence-electron chi connectivity index (χ4n) is 2.71. The maximum Gasteiger partial charge on any atom is 0.407 e. The summed E-state index contributed by atoms with van der Waals surface area (Å²) < 4.78 is 0.805. The standard InChI is InChI=1S/C10H13BrN4O2S/c11-7-12-13-8(18-7)15-5-10(6-15)1-3-14(4-2-10)9(16)17/h1-6H2,(H,16,17). The largest absolute Gasteiger partial charge is 0.465 e. The number of rotatable bonds is 1. The lowest BCUT2D eigenvalue weighted by Gasteiger charge is -2.53. The molecule has 3 rings (SSSR count). The summed E-state index contributed by atoms with van der Waals surface area (Å²) in [5, 5.41) is 17.9. The Morgan fingerprint density at radius 1 is 1.33 bits per heavy atom. The number of amides is 1. The number of halogens is 1. The van der Waals surface area contributed by atoms with Crippen LogP contribution < -0.4 is 4.90 Å². The minimum atomic E-state index is -0.797. The highest BCUT2D eigenvalue weighted by molar-refractivity contribution is 9.11. The summed E-state index contributed by atoms with van der Waals surface area (Å²) >= 11 is 4.85. The molecule has 0 unspecified atom stereocenters. The quantitative estimate of drug-likeness (QED) is 0.850. The van der Waals surface area contributed by atoms with Crippen LogP contribution in [-0.2, 0) is 0 Å². The second-order valence-electron chi connectivity index (χ2n) is 4.96. The molecular formula is C10H13BrN4O2S. The monoisotopic (exact) mass is 332 g/mol. The van der Waals surface area contributed by atoms with Crippen LogP contribution >= 0.6 is 27.3 Å². The van der Waals surface area contributed by atoms with Crippen molar-refractivity contribution in [2.75, 3.05) is 31.1 Å². The highest BCUT2D eigenvalue weighted by Crippen LogP contribution is 2.43. The molecule has 2 aliphatic rings. The predicted octanol–water partition coefficient (Wildman–Crippen LogP) is 1.88. The topological polar surface area (TPSA) is 69.6 Å². The third-order valence-corrected chi connectivity index (χ3v) is 5.22. The van der Waals surface area contributed by atoms with Gasteiger partial charge in [0.2, 0.25) is 5.13 Å². The first-order chi connectivity index (χ1) is 8.58. The van der Waals surface area contributed by atoms with Gasteiger partial charge >= 0.3 is 6.09 Å². The fraction of sp³-hybridized carbons (Fsp3) is 0.700. The first-order valence-electron chi connectivity index (χ1n) is 5.80. The summed E-state index contributed by atoms with van der Waals surface area (Å²) in [6.45, 7) is 3.26. The Labute approximate surface area is 117 Å². The van der Waals surface area contributed by atoms with E-state index >= 15 is 0 Å². The van der Waals surface area contributed by atoms with E-state index in [-0.39, 0.29) is 0 Å². The van der Waals surface area contributed by atoms with Gasteiger partial charge in [0, 0.05) is 31.6 Å². The van der Waals surface area contributed by atoms with E-state index in [1.807, 2.05) is 0 Å². The highest BCUT2D eigenvalue weighted by atomic mass is 79.9. The number of nitrogens with zero attached hydrogens (tertiary/aromatic N) is 4. The molecule has 1 spiro atoms. The zero-order valence-electron chi connectivity index (χ0n) is 9.67. The number of likely N-dealkylation sites (tertiary alicyclic amines) is 1. The van der Waals surface area contributed by atoms with Crippen LogP contribution in [0, 0.1) is 5.41 Å². The smallest absolute Gasteiger partial charge is 0.407 e. The van der Waals surface area contributed by atoms with E-state index < -0.39 is 6.09 Å². The van der Waals surface area contributed by atoms with Gasteiger partial charge in [-0.05, 0) is 28.8 Å². The summed E-state index contributed by atoms with van der Waals surface area (Å²) in [4.78, 5) is 14.6. The number of hydrogen-bond acceptors (Lipinski definition) is 5. The van der Waals surface area contributed by atoms with E-state index in [0.717, 1.165) is 35.0 Å². The number of carbonyl (C=O) groups is 1. The van der Waals surface area contributed by atoms with Crippen LogP contribution in [0.3, 0.4) is 0 Å². The molecule has 6 nitrogen and oxygen atoms in total. The number of aromatic nitrogens is 2. The van der Waals surface area contributed by atoms with E-state index in [1.54, 1.807) is 11.3 Å². The molecule has 0 atom stereocenters. The second kappa shape index (κ2) is 4.34. The van der Waals surface area contributed by atoms with E-state index in [2.05, 4.69) is 31.0 Å².